The Hall–Kier alpha value is -2.03. The molecule has 3 heteroatoms. The Morgan fingerprint density at radius 1 is 1.12 bits per heavy atom. The van der Waals surface area contributed by atoms with E-state index in [4.69, 9.17) is 10.5 Å². The first-order valence-electron chi connectivity index (χ1n) is 5.14. The number of nitrogens with two attached hydrogens (primary N) is 1. The fourth-order valence-corrected chi connectivity index (χ4v) is 1.31. The summed E-state index contributed by atoms with van der Waals surface area (Å²) in [6.45, 7) is 2.51. The third kappa shape index (κ3) is 2.73. The fraction of sp³-hybridized carbons (Fsp3) is 0.154. The number of aromatic nitrogens is 1. The van der Waals surface area contributed by atoms with Gasteiger partial charge >= 0.3 is 0 Å². The van der Waals surface area contributed by atoms with Gasteiger partial charge in [-0.2, -0.15) is 0 Å². The lowest BCUT2D eigenvalue weighted by molar-refractivity contribution is 0.301. The van der Waals surface area contributed by atoms with E-state index >= 15 is 0 Å². The molecule has 0 aliphatic carbocycles. The molecule has 0 spiro atoms. The molecular formula is C13H14N2O. The highest BCUT2D eigenvalue weighted by Gasteiger charge is 1.96. The maximum Gasteiger partial charge on any atom is 0.130 e. The zero-order valence-corrected chi connectivity index (χ0v) is 9.18. The molecule has 3 nitrogen and oxygen atoms in total. The predicted molar refractivity (Wildman–Crippen MR) is 64.2 cm³/mol. The molecule has 0 atom stereocenters. The molecule has 0 bridgehead atoms. The number of benzene rings is 1. The van der Waals surface area contributed by atoms with Gasteiger partial charge in [-0.15, -0.1) is 0 Å². The number of aryl methyl sites for hydroxylation is 1. The van der Waals surface area contributed by atoms with Crippen LogP contribution in [0, 0.1) is 6.92 Å². The summed E-state index contributed by atoms with van der Waals surface area (Å²) in [5.41, 5.74) is 8.30. The van der Waals surface area contributed by atoms with Crippen molar-refractivity contribution < 1.29 is 4.74 Å². The van der Waals surface area contributed by atoms with E-state index in [1.54, 1.807) is 6.20 Å². The number of anilines is 1. The van der Waals surface area contributed by atoms with Crippen LogP contribution in [-0.2, 0) is 6.61 Å². The predicted octanol–water partition coefficient (Wildman–Crippen LogP) is 2.55. The van der Waals surface area contributed by atoms with Gasteiger partial charge in [0.25, 0.3) is 0 Å². The Kier molecular flexibility index (Phi) is 3.05. The molecule has 2 N–H and O–H groups in total. The summed E-state index contributed by atoms with van der Waals surface area (Å²) in [7, 11) is 0. The van der Waals surface area contributed by atoms with E-state index in [-0.39, 0.29) is 0 Å². The standard InChI is InChI=1S/C13H14N2O/c1-10-2-6-13(7-3-10)16-9-12-5-4-11(14)8-15-12/h2-8H,9,14H2,1H3. The highest BCUT2D eigenvalue weighted by Crippen LogP contribution is 2.13. The number of nitrogen functional groups attached to an aromatic ring is 1. The summed E-state index contributed by atoms with van der Waals surface area (Å²) < 4.78 is 5.58. The summed E-state index contributed by atoms with van der Waals surface area (Å²) in [5, 5.41) is 0. The van der Waals surface area contributed by atoms with E-state index in [1.807, 2.05) is 43.3 Å². The molecule has 2 rings (SSSR count). The first-order valence-corrected chi connectivity index (χ1v) is 5.14. The van der Waals surface area contributed by atoms with Crippen LogP contribution in [0.2, 0.25) is 0 Å². The van der Waals surface area contributed by atoms with E-state index in [9.17, 15) is 0 Å². The van der Waals surface area contributed by atoms with Gasteiger partial charge in [-0.3, -0.25) is 4.98 Å². The van der Waals surface area contributed by atoms with Crippen LogP contribution in [0.25, 0.3) is 0 Å². The first-order chi connectivity index (χ1) is 7.74. The highest BCUT2D eigenvalue weighted by atomic mass is 16.5. The molecule has 0 radical (unpaired) electrons. The van der Waals surface area contributed by atoms with Gasteiger partial charge < -0.3 is 10.5 Å². The Bertz CT molecular complexity index is 403. The summed E-state index contributed by atoms with van der Waals surface area (Å²) in [5.74, 6) is 0.851. The van der Waals surface area contributed by atoms with Crippen molar-refractivity contribution in [2.45, 2.75) is 13.5 Å². The highest BCUT2D eigenvalue weighted by molar-refractivity contribution is 5.34. The molecule has 0 saturated heterocycles. The smallest absolute Gasteiger partial charge is 0.130 e. The third-order valence-electron chi connectivity index (χ3n) is 2.26. The topological polar surface area (TPSA) is 48.1 Å². The van der Waals surface area contributed by atoms with Crippen molar-refractivity contribution >= 4 is 5.69 Å². The van der Waals surface area contributed by atoms with Crippen molar-refractivity contribution in [1.29, 1.82) is 0 Å². The average Bonchev–Trinajstić information content (AvgIpc) is 2.30. The zero-order chi connectivity index (χ0) is 11.4. The van der Waals surface area contributed by atoms with E-state index in [0.717, 1.165) is 11.4 Å². The number of pyridine rings is 1. The lowest BCUT2D eigenvalue weighted by atomic mass is 10.2. The van der Waals surface area contributed by atoms with Gasteiger partial charge in [0.15, 0.2) is 0 Å². The third-order valence-corrected chi connectivity index (χ3v) is 2.26. The largest absolute Gasteiger partial charge is 0.487 e. The quantitative estimate of drug-likeness (QED) is 0.854. The molecule has 0 amide bonds. The van der Waals surface area contributed by atoms with E-state index < -0.39 is 0 Å². The monoisotopic (exact) mass is 214 g/mol. The molecule has 1 aromatic heterocycles. The number of hydrogen-bond donors (Lipinski definition) is 1. The van der Waals surface area contributed by atoms with Gasteiger partial charge in [-0.1, -0.05) is 17.7 Å². The molecule has 0 unspecified atom stereocenters. The second-order valence-corrected chi connectivity index (χ2v) is 3.68. The molecular weight excluding hydrogens is 200 g/mol. The molecule has 2 aromatic rings. The van der Waals surface area contributed by atoms with Gasteiger partial charge in [-0.05, 0) is 31.2 Å². The van der Waals surface area contributed by atoms with Crippen molar-refractivity contribution in [3.8, 4) is 5.75 Å². The maximum atomic E-state index is 5.58. The van der Waals surface area contributed by atoms with Gasteiger partial charge in [0, 0.05) is 0 Å². The van der Waals surface area contributed by atoms with E-state index in [1.165, 1.54) is 5.56 Å². The van der Waals surface area contributed by atoms with E-state index in [0.29, 0.717) is 12.3 Å². The molecule has 1 aromatic carbocycles. The van der Waals surface area contributed by atoms with Gasteiger partial charge in [0.05, 0.1) is 17.6 Å². The Balaban J connectivity index is 1.97. The molecule has 16 heavy (non-hydrogen) atoms. The first kappa shape index (κ1) is 10.5. The zero-order valence-electron chi connectivity index (χ0n) is 9.18. The average molecular weight is 214 g/mol. The Labute approximate surface area is 94.9 Å². The van der Waals surface area contributed by atoms with Gasteiger partial charge in [0.1, 0.15) is 12.4 Å². The lowest BCUT2D eigenvalue weighted by Gasteiger charge is -2.05. The summed E-state index contributed by atoms with van der Waals surface area (Å²) in [6, 6.07) is 11.6. The molecule has 0 fully saturated rings. The molecule has 0 saturated carbocycles. The van der Waals surface area contributed by atoms with Crippen molar-refractivity contribution in [3.63, 3.8) is 0 Å². The van der Waals surface area contributed by atoms with Crippen molar-refractivity contribution in [1.82, 2.24) is 4.98 Å². The van der Waals surface area contributed by atoms with Crippen LogP contribution < -0.4 is 10.5 Å². The molecule has 1 heterocycles. The Morgan fingerprint density at radius 2 is 1.88 bits per heavy atom. The number of ether oxygens (including phenoxy) is 1. The molecule has 82 valence electrons. The fourth-order valence-electron chi connectivity index (χ4n) is 1.31. The lowest BCUT2D eigenvalue weighted by Crippen LogP contribution is -1.98. The van der Waals surface area contributed by atoms with Crippen molar-refractivity contribution in [2.24, 2.45) is 0 Å². The minimum atomic E-state index is 0.462. The van der Waals surface area contributed by atoms with Crippen molar-refractivity contribution in [2.75, 3.05) is 5.73 Å². The van der Waals surface area contributed by atoms with Crippen molar-refractivity contribution in [3.05, 3.63) is 53.9 Å². The van der Waals surface area contributed by atoms with Crippen LogP contribution in [0.5, 0.6) is 5.75 Å². The van der Waals surface area contributed by atoms with E-state index in [2.05, 4.69) is 4.98 Å². The minimum absolute atomic E-state index is 0.462. The minimum Gasteiger partial charge on any atom is -0.487 e. The number of nitrogens with zero attached hydrogens (tertiary/aromatic N) is 1. The number of rotatable bonds is 3. The maximum absolute atomic E-state index is 5.58. The summed E-state index contributed by atoms with van der Waals surface area (Å²) >= 11 is 0. The molecule has 0 aliphatic rings. The van der Waals surface area contributed by atoms with Crippen LogP contribution >= 0.6 is 0 Å². The summed E-state index contributed by atoms with van der Waals surface area (Å²) in [4.78, 5) is 4.16. The van der Waals surface area contributed by atoms with Crippen LogP contribution in [0.4, 0.5) is 5.69 Å². The normalized spacial score (nSPS) is 10.1. The summed E-state index contributed by atoms with van der Waals surface area (Å²) in [6.07, 6.45) is 1.63. The van der Waals surface area contributed by atoms with Gasteiger partial charge in [0.2, 0.25) is 0 Å². The SMILES string of the molecule is Cc1ccc(OCc2ccc(N)cn2)cc1. The second-order valence-electron chi connectivity index (χ2n) is 3.68. The van der Waals surface area contributed by atoms with Crippen LogP contribution in [0.15, 0.2) is 42.6 Å². The molecule has 0 aliphatic heterocycles. The Morgan fingerprint density at radius 3 is 2.50 bits per heavy atom. The number of hydrogen-bond acceptors (Lipinski definition) is 3. The van der Waals surface area contributed by atoms with Crippen LogP contribution in [0.1, 0.15) is 11.3 Å². The second kappa shape index (κ2) is 4.66. The van der Waals surface area contributed by atoms with Crippen LogP contribution in [0.3, 0.4) is 0 Å². The van der Waals surface area contributed by atoms with Crippen LogP contribution in [-0.4, -0.2) is 4.98 Å². The van der Waals surface area contributed by atoms with Gasteiger partial charge in [-0.25, -0.2) is 0 Å².